The second-order valence-electron chi connectivity index (χ2n) is 4.61. The minimum atomic E-state index is -0.0418. The molecule has 0 N–H and O–H groups in total. The average molecular weight is 259 g/mol. The second kappa shape index (κ2) is 7.04. The molecule has 0 unspecified atom stereocenters. The Morgan fingerprint density at radius 1 is 1.05 bits per heavy atom. The largest absolute Gasteiger partial charge is 0.421 e. The van der Waals surface area contributed by atoms with Gasteiger partial charge in [0.15, 0.2) is 0 Å². The number of benzene rings is 1. The van der Waals surface area contributed by atoms with E-state index >= 15 is 0 Å². The van der Waals surface area contributed by atoms with Gasteiger partial charge in [0.05, 0.1) is 6.61 Å². The van der Waals surface area contributed by atoms with Crippen LogP contribution in [-0.4, -0.2) is 16.8 Å². The van der Waals surface area contributed by atoms with E-state index in [2.05, 4.69) is 29.3 Å². The van der Waals surface area contributed by atoms with E-state index in [-0.39, 0.29) is 6.61 Å². The van der Waals surface area contributed by atoms with Crippen LogP contribution in [0.4, 0.5) is 0 Å². The molecule has 0 saturated carbocycles. The van der Waals surface area contributed by atoms with E-state index in [9.17, 15) is 5.11 Å². The lowest BCUT2D eigenvalue weighted by atomic mass is 10.1. The fourth-order valence-corrected chi connectivity index (χ4v) is 1.95. The van der Waals surface area contributed by atoms with Gasteiger partial charge in [-0.2, -0.15) is 0 Å². The maximum atomic E-state index is 10.4. The number of nitrogens with zero attached hydrogens (tertiary/aromatic N) is 2. The summed E-state index contributed by atoms with van der Waals surface area (Å²) >= 11 is 0. The predicted molar refractivity (Wildman–Crippen MR) is 72.2 cm³/mol. The molecule has 4 heteroatoms. The van der Waals surface area contributed by atoms with Gasteiger partial charge in [0.1, 0.15) is 0 Å². The highest BCUT2D eigenvalue weighted by Crippen LogP contribution is 2.19. The molecule has 1 heterocycles. The molecule has 1 aromatic heterocycles. The Morgan fingerprint density at radius 2 is 1.84 bits per heavy atom. The first-order valence-electron chi connectivity index (χ1n) is 6.83. The molecule has 0 aliphatic carbocycles. The smallest absolute Gasteiger partial charge is 0.247 e. The fraction of sp³-hybridized carbons (Fsp3) is 0.467. The molecule has 0 fully saturated rings. The van der Waals surface area contributed by atoms with Crippen molar-refractivity contribution in [3.63, 3.8) is 0 Å². The topological polar surface area (TPSA) is 58.8 Å². The van der Waals surface area contributed by atoms with Crippen LogP contribution >= 0.6 is 0 Å². The number of rotatable bonds is 7. The SMILES string of the molecule is CCCc1ccc(-c2nnc(CCCC[O])o2)cc1. The van der Waals surface area contributed by atoms with Crippen LogP contribution in [0.2, 0.25) is 0 Å². The van der Waals surface area contributed by atoms with E-state index in [0.717, 1.165) is 24.8 Å². The third-order valence-electron chi connectivity index (χ3n) is 2.99. The highest BCUT2D eigenvalue weighted by Gasteiger charge is 2.08. The van der Waals surface area contributed by atoms with Crippen molar-refractivity contribution in [2.45, 2.75) is 39.0 Å². The minimum Gasteiger partial charge on any atom is -0.421 e. The normalized spacial score (nSPS) is 10.8. The molecule has 2 aromatic rings. The van der Waals surface area contributed by atoms with Crippen molar-refractivity contribution in [1.82, 2.24) is 10.2 Å². The molecular formula is C15H19N2O2. The van der Waals surface area contributed by atoms with Crippen molar-refractivity contribution >= 4 is 0 Å². The Kier molecular flexibility index (Phi) is 5.10. The van der Waals surface area contributed by atoms with Crippen molar-refractivity contribution in [3.8, 4) is 11.5 Å². The van der Waals surface area contributed by atoms with Crippen LogP contribution < -0.4 is 0 Å². The van der Waals surface area contributed by atoms with Gasteiger partial charge in [0, 0.05) is 12.0 Å². The molecule has 0 bridgehead atoms. The standard InChI is InChI=1S/C15H19N2O2/c1-2-5-12-7-9-13(10-8-12)15-17-16-14(19-15)6-3-4-11-18/h7-10H,2-6,11H2,1H3. The third-order valence-corrected chi connectivity index (χ3v) is 2.99. The molecule has 1 aromatic carbocycles. The van der Waals surface area contributed by atoms with E-state index in [1.54, 1.807) is 0 Å². The molecule has 0 aliphatic rings. The van der Waals surface area contributed by atoms with Crippen molar-refractivity contribution < 1.29 is 9.52 Å². The van der Waals surface area contributed by atoms with Crippen LogP contribution in [-0.2, 0) is 17.9 Å². The summed E-state index contributed by atoms with van der Waals surface area (Å²) in [5.41, 5.74) is 2.27. The monoisotopic (exact) mass is 259 g/mol. The van der Waals surface area contributed by atoms with Crippen LogP contribution in [0.1, 0.15) is 37.6 Å². The number of hydrogen-bond acceptors (Lipinski definition) is 3. The molecule has 0 aliphatic heterocycles. The molecule has 0 atom stereocenters. The Morgan fingerprint density at radius 3 is 2.53 bits per heavy atom. The Labute approximate surface area is 113 Å². The third kappa shape index (κ3) is 3.89. The molecule has 2 rings (SSSR count). The van der Waals surface area contributed by atoms with Gasteiger partial charge in [-0.25, -0.2) is 5.11 Å². The number of hydrogen-bond donors (Lipinski definition) is 0. The molecule has 101 valence electrons. The van der Waals surface area contributed by atoms with Crippen molar-refractivity contribution in [2.24, 2.45) is 0 Å². The van der Waals surface area contributed by atoms with Gasteiger partial charge in [-0.05, 0) is 37.0 Å². The van der Waals surface area contributed by atoms with Crippen molar-refractivity contribution in [1.29, 1.82) is 0 Å². The zero-order chi connectivity index (χ0) is 13.5. The summed E-state index contributed by atoms with van der Waals surface area (Å²) in [6, 6.07) is 8.22. The first-order chi connectivity index (χ1) is 9.33. The first-order valence-corrected chi connectivity index (χ1v) is 6.83. The maximum absolute atomic E-state index is 10.4. The number of unbranched alkanes of at least 4 members (excludes halogenated alkanes) is 1. The zero-order valence-corrected chi connectivity index (χ0v) is 11.3. The van der Waals surface area contributed by atoms with Gasteiger partial charge < -0.3 is 4.42 Å². The van der Waals surface area contributed by atoms with Gasteiger partial charge in [-0.1, -0.05) is 25.5 Å². The summed E-state index contributed by atoms with van der Waals surface area (Å²) in [5.74, 6) is 1.17. The summed E-state index contributed by atoms with van der Waals surface area (Å²) in [5, 5.41) is 18.4. The average Bonchev–Trinajstić information content (AvgIpc) is 2.89. The van der Waals surface area contributed by atoms with Crippen molar-refractivity contribution in [3.05, 3.63) is 35.7 Å². The Bertz CT molecular complexity index is 491. The van der Waals surface area contributed by atoms with Gasteiger partial charge >= 0.3 is 0 Å². The highest BCUT2D eigenvalue weighted by atomic mass is 16.4. The molecular weight excluding hydrogens is 240 g/mol. The first kappa shape index (κ1) is 13.7. The summed E-state index contributed by atoms with van der Waals surface area (Å²) in [6.45, 7) is 2.12. The lowest BCUT2D eigenvalue weighted by molar-refractivity contribution is 0.186. The number of aromatic nitrogens is 2. The Hall–Kier alpha value is -1.68. The van der Waals surface area contributed by atoms with Crippen LogP contribution in [0.25, 0.3) is 11.5 Å². The zero-order valence-electron chi connectivity index (χ0n) is 11.3. The van der Waals surface area contributed by atoms with Crippen LogP contribution in [0.5, 0.6) is 0 Å². The molecule has 0 spiro atoms. The van der Waals surface area contributed by atoms with E-state index < -0.39 is 0 Å². The lowest BCUT2D eigenvalue weighted by Gasteiger charge is -1.99. The number of aryl methyl sites for hydroxylation is 2. The van der Waals surface area contributed by atoms with E-state index in [4.69, 9.17) is 4.42 Å². The quantitative estimate of drug-likeness (QED) is 0.715. The van der Waals surface area contributed by atoms with Gasteiger partial charge in [-0.3, -0.25) is 0 Å². The van der Waals surface area contributed by atoms with Crippen LogP contribution in [0.15, 0.2) is 28.7 Å². The second-order valence-corrected chi connectivity index (χ2v) is 4.61. The maximum Gasteiger partial charge on any atom is 0.247 e. The van der Waals surface area contributed by atoms with Gasteiger partial charge in [-0.15, -0.1) is 10.2 Å². The summed E-state index contributed by atoms with van der Waals surface area (Å²) in [6.07, 6.45) is 4.38. The van der Waals surface area contributed by atoms with Crippen LogP contribution in [0.3, 0.4) is 0 Å². The minimum absolute atomic E-state index is 0.0418. The van der Waals surface area contributed by atoms with Crippen LogP contribution in [0, 0.1) is 0 Å². The van der Waals surface area contributed by atoms with E-state index in [0.29, 0.717) is 24.6 Å². The summed E-state index contributed by atoms with van der Waals surface area (Å²) in [4.78, 5) is 0. The predicted octanol–water partition coefficient (Wildman–Crippen LogP) is 3.44. The summed E-state index contributed by atoms with van der Waals surface area (Å²) in [7, 11) is 0. The molecule has 1 radical (unpaired) electrons. The van der Waals surface area contributed by atoms with Crippen molar-refractivity contribution in [2.75, 3.05) is 6.61 Å². The summed E-state index contributed by atoms with van der Waals surface area (Å²) < 4.78 is 5.59. The van der Waals surface area contributed by atoms with E-state index in [1.807, 2.05) is 12.1 Å². The highest BCUT2D eigenvalue weighted by molar-refractivity contribution is 5.52. The molecule has 0 saturated heterocycles. The van der Waals surface area contributed by atoms with Gasteiger partial charge in [0.2, 0.25) is 11.8 Å². The molecule has 4 nitrogen and oxygen atoms in total. The van der Waals surface area contributed by atoms with E-state index in [1.165, 1.54) is 5.56 Å². The Balaban J connectivity index is 2.01. The molecule has 19 heavy (non-hydrogen) atoms. The van der Waals surface area contributed by atoms with Gasteiger partial charge in [0.25, 0.3) is 0 Å². The molecule has 0 amide bonds. The fourth-order valence-electron chi connectivity index (χ4n) is 1.95. The lowest BCUT2D eigenvalue weighted by Crippen LogP contribution is -1.87.